The van der Waals surface area contributed by atoms with Crippen molar-refractivity contribution in [2.45, 2.75) is 13.0 Å². The van der Waals surface area contributed by atoms with Gasteiger partial charge in [-0.3, -0.25) is 9.78 Å². The van der Waals surface area contributed by atoms with Crippen LogP contribution in [-0.4, -0.2) is 18.0 Å². The molecular formula is C21H21N3O2. The Morgan fingerprint density at radius 2 is 1.81 bits per heavy atom. The molecule has 0 radical (unpaired) electrons. The van der Waals surface area contributed by atoms with Crippen LogP contribution >= 0.6 is 0 Å². The molecule has 0 saturated carbocycles. The van der Waals surface area contributed by atoms with Gasteiger partial charge in [0.15, 0.2) is 0 Å². The van der Waals surface area contributed by atoms with Gasteiger partial charge in [-0.25, -0.2) is 0 Å². The van der Waals surface area contributed by atoms with E-state index >= 15 is 0 Å². The number of anilines is 1. The maximum absolute atomic E-state index is 12.6. The lowest BCUT2D eigenvalue weighted by Gasteiger charge is -2.17. The van der Waals surface area contributed by atoms with Crippen molar-refractivity contribution in [2.75, 3.05) is 12.4 Å². The highest BCUT2D eigenvalue weighted by Gasteiger charge is 2.16. The summed E-state index contributed by atoms with van der Waals surface area (Å²) in [5.74, 6) is 0.546. The SMILES string of the molecule is COc1ccccc1-c1cc(C(=O)Nc2ccncc2)ccc1C(C)N. The van der Waals surface area contributed by atoms with Crippen molar-refractivity contribution in [3.63, 3.8) is 0 Å². The lowest BCUT2D eigenvalue weighted by atomic mass is 9.93. The Hall–Kier alpha value is -3.18. The zero-order valence-corrected chi connectivity index (χ0v) is 14.8. The van der Waals surface area contributed by atoms with Crippen LogP contribution < -0.4 is 15.8 Å². The van der Waals surface area contributed by atoms with E-state index in [4.69, 9.17) is 10.5 Å². The summed E-state index contributed by atoms with van der Waals surface area (Å²) in [5, 5.41) is 2.87. The number of ether oxygens (including phenoxy) is 1. The van der Waals surface area contributed by atoms with Gasteiger partial charge in [0, 0.05) is 35.2 Å². The largest absolute Gasteiger partial charge is 0.496 e. The molecule has 1 heterocycles. The number of benzene rings is 2. The Balaban J connectivity index is 2.03. The number of methoxy groups -OCH3 is 1. The Labute approximate surface area is 152 Å². The van der Waals surface area contributed by atoms with Crippen molar-refractivity contribution in [2.24, 2.45) is 5.73 Å². The molecule has 3 rings (SSSR count). The average Bonchev–Trinajstić information content (AvgIpc) is 2.68. The summed E-state index contributed by atoms with van der Waals surface area (Å²) >= 11 is 0. The van der Waals surface area contributed by atoms with Crippen LogP contribution in [0.1, 0.15) is 28.9 Å². The lowest BCUT2D eigenvalue weighted by Crippen LogP contribution is -2.13. The molecule has 1 amide bonds. The van der Waals surface area contributed by atoms with Gasteiger partial charge in [0.25, 0.3) is 5.91 Å². The van der Waals surface area contributed by atoms with E-state index in [0.717, 1.165) is 22.4 Å². The summed E-state index contributed by atoms with van der Waals surface area (Å²) in [5.41, 5.74) is 10.1. The average molecular weight is 347 g/mol. The van der Waals surface area contributed by atoms with E-state index in [-0.39, 0.29) is 11.9 Å². The summed E-state index contributed by atoms with van der Waals surface area (Å²) in [6, 6.07) is 16.6. The van der Waals surface area contributed by atoms with Gasteiger partial charge < -0.3 is 15.8 Å². The highest BCUT2D eigenvalue weighted by molar-refractivity contribution is 6.05. The quantitative estimate of drug-likeness (QED) is 0.730. The molecule has 0 aliphatic rings. The number of amides is 1. The van der Waals surface area contributed by atoms with E-state index in [0.29, 0.717) is 11.3 Å². The third-order valence-corrected chi connectivity index (χ3v) is 4.14. The number of carbonyl (C=O) groups excluding carboxylic acids is 1. The number of rotatable bonds is 5. The Kier molecular flexibility index (Phi) is 5.29. The Morgan fingerprint density at radius 1 is 1.08 bits per heavy atom. The number of nitrogens with two attached hydrogens (primary N) is 1. The van der Waals surface area contributed by atoms with Crippen LogP contribution in [0.3, 0.4) is 0 Å². The summed E-state index contributed by atoms with van der Waals surface area (Å²) in [4.78, 5) is 16.6. The van der Waals surface area contributed by atoms with Gasteiger partial charge in [-0.2, -0.15) is 0 Å². The molecule has 2 aromatic carbocycles. The molecule has 0 saturated heterocycles. The van der Waals surface area contributed by atoms with Crippen molar-refractivity contribution in [3.8, 4) is 16.9 Å². The van der Waals surface area contributed by atoms with Crippen molar-refractivity contribution in [3.05, 3.63) is 78.1 Å². The van der Waals surface area contributed by atoms with Gasteiger partial charge >= 0.3 is 0 Å². The first-order valence-corrected chi connectivity index (χ1v) is 8.34. The monoisotopic (exact) mass is 347 g/mol. The highest BCUT2D eigenvalue weighted by Crippen LogP contribution is 2.35. The number of pyridine rings is 1. The van der Waals surface area contributed by atoms with Crippen LogP contribution in [0, 0.1) is 0 Å². The Morgan fingerprint density at radius 3 is 2.50 bits per heavy atom. The molecule has 0 aliphatic heterocycles. The second-order valence-corrected chi connectivity index (χ2v) is 5.98. The Bertz CT molecular complexity index is 908. The third kappa shape index (κ3) is 3.73. The van der Waals surface area contributed by atoms with E-state index in [2.05, 4.69) is 10.3 Å². The van der Waals surface area contributed by atoms with E-state index in [1.54, 1.807) is 37.7 Å². The van der Waals surface area contributed by atoms with Crippen LogP contribution in [0.5, 0.6) is 5.75 Å². The number of nitrogens with one attached hydrogen (secondary N) is 1. The molecule has 26 heavy (non-hydrogen) atoms. The van der Waals surface area contributed by atoms with Gasteiger partial charge in [0.05, 0.1) is 7.11 Å². The van der Waals surface area contributed by atoms with E-state index in [1.165, 1.54) is 0 Å². The molecule has 1 atom stereocenters. The first-order valence-electron chi connectivity index (χ1n) is 8.34. The molecule has 5 nitrogen and oxygen atoms in total. The van der Waals surface area contributed by atoms with Crippen LogP contribution in [0.2, 0.25) is 0 Å². The number of para-hydroxylation sites is 1. The molecule has 3 N–H and O–H groups in total. The maximum atomic E-state index is 12.6. The standard InChI is InChI=1S/C21H21N3O2/c1-14(22)17-8-7-15(21(25)24-16-9-11-23-12-10-16)13-19(17)18-5-3-4-6-20(18)26-2/h3-14H,22H2,1-2H3,(H,23,24,25). The fraction of sp³-hybridized carbons (Fsp3) is 0.143. The van der Waals surface area contributed by atoms with Gasteiger partial charge in [-0.15, -0.1) is 0 Å². The predicted octanol–water partition coefficient (Wildman–Crippen LogP) is 4.03. The molecule has 132 valence electrons. The van der Waals surface area contributed by atoms with Crippen molar-refractivity contribution in [1.29, 1.82) is 0 Å². The minimum Gasteiger partial charge on any atom is -0.496 e. The maximum Gasteiger partial charge on any atom is 0.255 e. The second kappa shape index (κ2) is 7.80. The smallest absolute Gasteiger partial charge is 0.255 e. The topological polar surface area (TPSA) is 77.2 Å². The molecular weight excluding hydrogens is 326 g/mol. The number of hydrogen-bond acceptors (Lipinski definition) is 4. The van der Waals surface area contributed by atoms with Crippen molar-refractivity contribution < 1.29 is 9.53 Å². The summed E-state index contributed by atoms with van der Waals surface area (Å²) in [6.45, 7) is 1.92. The number of aromatic nitrogens is 1. The number of hydrogen-bond donors (Lipinski definition) is 2. The molecule has 0 fully saturated rings. The molecule has 3 aromatic rings. The second-order valence-electron chi connectivity index (χ2n) is 5.98. The van der Waals surface area contributed by atoms with Gasteiger partial charge in [0.1, 0.15) is 5.75 Å². The van der Waals surface area contributed by atoms with Gasteiger partial charge in [-0.1, -0.05) is 24.3 Å². The van der Waals surface area contributed by atoms with Crippen LogP contribution in [-0.2, 0) is 0 Å². The first kappa shape index (κ1) is 17.6. The third-order valence-electron chi connectivity index (χ3n) is 4.14. The molecule has 5 heteroatoms. The van der Waals surface area contributed by atoms with E-state index in [1.807, 2.05) is 43.3 Å². The summed E-state index contributed by atoms with van der Waals surface area (Å²) in [6.07, 6.45) is 3.27. The van der Waals surface area contributed by atoms with E-state index < -0.39 is 0 Å². The predicted molar refractivity (Wildman–Crippen MR) is 103 cm³/mol. The zero-order valence-electron chi connectivity index (χ0n) is 14.8. The number of nitrogens with zero attached hydrogens (tertiary/aromatic N) is 1. The fourth-order valence-corrected chi connectivity index (χ4v) is 2.83. The van der Waals surface area contributed by atoms with Crippen molar-refractivity contribution >= 4 is 11.6 Å². The molecule has 0 bridgehead atoms. The van der Waals surface area contributed by atoms with Gasteiger partial charge in [-0.05, 0) is 48.4 Å². The fourth-order valence-electron chi connectivity index (χ4n) is 2.83. The minimum absolute atomic E-state index is 0.174. The first-order chi connectivity index (χ1) is 12.6. The van der Waals surface area contributed by atoms with Crippen LogP contribution in [0.15, 0.2) is 67.0 Å². The zero-order chi connectivity index (χ0) is 18.5. The normalized spacial score (nSPS) is 11.7. The van der Waals surface area contributed by atoms with Gasteiger partial charge in [0.2, 0.25) is 0 Å². The number of carbonyl (C=O) groups is 1. The molecule has 0 spiro atoms. The van der Waals surface area contributed by atoms with E-state index in [9.17, 15) is 4.79 Å². The van der Waals surface area contributed by atoms with Crippen LogP contribution in [0.4, 0.5) is 5.69 Å². The minimum atomic E-state index is -0.191. The highest BCUT2D eigenvalue weighted by atomic mass is 16.5. The molecule has 0 aliphatic carbocycles. The van der Waals surface area contributed by atoms with Crippen molar-refractivity contribution in [1.82, 2.24) is 4.98 Å². The molecule has 1 aromatic heterocycles. The molecule has 1 unspecified atom stereocenters. The van der Waals surface area contributed by atoms with Crippen LogP contribution in [0.25, 0.3) is 11.1 Å². The summed E-state index contributed by atoms with van der Waals surface area (Å²) in [7, 11) is 1.63. The lowest BCUT2D eigenvalue weighted by molar-refractivity contribution is 0.102. The summed E-state index contributed by atoms with van der Waals surface area (Å²) < 4.78 is 5.48.